The summed E-state index contributed by atoms with van der Waals surface area (Å²) in [5, 5.41) is 0. The standard InChI is InChI=1S/C13H19BrN2O4S/c1-4-5-16(6-7-19-2)21(17,18)13-9-11(15)10(14)8-12(13)20-3/h4,8-9H,1,5-7,15H2,2-3H3. The van der Waals surface area contributed by atoms with Crippen molar-refractivity contribution in [2.24, 2.45) is 0 Å². The van der Waals surface area contributed by atoms with Crippen LogP contribution in [0.3, 0.4) is 0 Å². The molecular weight excluding hydrogens is 360 g/mol. The Labute approximate surface area is 133 Å². The number of hydrogen-bond donors (Lipinski definition) is 1. The summed E-state index contributed by atoms with van der Waals surface area (Å²) in [4.78, 5) is 0.0173. The number of sulfonamides is 1. The number of nitrogen functional groups attached to an aromatic ring is 1. The first-order chi connectivity index (χ1) is 9.88. The minimum absolute atomic E-state index is 0.0173. The van der Waals surface area contributed by atoms with Crippen LogP contribution in [0.5, 0.6) is 5.75 Å². The van der Waals surface area contributed by atoms with E-state index in [9.17, 15) is 8.42 Å². The van der Waals surface area contributed by atoms with Crippen LogP contribution < -0.4 is 10.5 Å². The molecule has 0 atom stereocenters. The minimum Gasteiger partial charge on any atom is -0.495 e. The summed E-state index contributed by atoms with van der Waals surface area (Å²) in [6.07, 6.45) is 1.52. The topological polar surface area (TPSA) is 81.9 Å². The van der Waals surface area contributed by atoms with Crippen molar-refractivity contribution >= 4 is 31.6 Å². The number of methoxy groups -OCH3 is 2. The number of benzene rings is 1. The number of hydrogen-bond acceptors (Lipinski definition) is 5. The van der Waals surface area contributed by atoms with E-state index in [2.05, 4.69) is 22.5 Å². The summed E-state index contributed by atoms with van der Waals surface area (Å²) in [5.41, 5.74) is 6.10. The van der Waals surface area contributed by atoms with Gasteiger partial charge >= 0.3 is 0 Å². The smallest absolute Gasteiger partial charge is 0.247 e. The molecule has 0 bridgehead atoms. The number of halogens is 1. The zero-order valence-electron chi connectivity index (χ0n) is 12.0. The zero-order valence-corrected chi connectivity index (χ0v) is 14.4. The van der Waals surface area contributed by atoms with E-state index in [1.54, 1.807) is 0 Å². The lowest BCUT2D eigenvalue weighted by Crippen LogP contribution is -2.34. The van der Waals surface area contributed by atoms with Crippen LogP contribution in [0, 0.1) is 0 Å². The van der Waals surface area contributed by atoms with Crippen molar-refractivity contribution in [1.82, 2.24) is 4.31 Å². The maximum atomic E-state index is 12.7. The van der Waals surface area contributed by atoms with Gasteiger partial charge in [-0.05, 0) is 28.1 Å². The van der Waals surface area contributed by atoms with Gasteiger partial charge in [-0.25, -0.2) is 8.42 Å². The van der Waals surface area contributed by atoms with Gasteiger partial charge in [0.15, 0.2) is 0 Å². The summed E-state index contributed by atoms with van der Waals surface area (Å²) < 4.78 is 37.4. The van der Waals surface area contributed by atoms with E-state index in [0.717, 1.165) is 0 Å². The number of rotatable bonds is 8. The molecule has 21 heavy (non-hydrogen) atoms. The van der Waals surface area contributed by atoms with E-state index in [1.807, 2.05) is 0 Å². The summed E-state index contributed by atoms with van der Waals surface area (Å²) in [7, 11) is -0.844. The Kier molecular flexibility index (Phi) is 6.66. The second-order valence-electron chi connectivity index (χ2n) is 4.17. The fourth-order valence-electron chi connectivity index (χ4n) is 1.70. The summed E-state index contributed by atoms with van der Waals surface area (Å²) in [6, 6.07) is 2.91. The van der Waals surface area contributed by atoms with Crippen LogP contribution in [-0.4, -0.2) is 46.6 Å². The van der Waals surface area contributed by atoms with Gasteiger partial charge in [-0.1, -0.05) is 6.08 Å². The maximum Gasteiger partial charge on any atom is 0.247 e. The normalized spacial score (nSPS) is 11.6. The third-order valence-electron chi connectivity index (χ3n) is 2.78. The van der Waals surface area contributed by atoms with Crippen LogP contribution in [0.1, 0.15) is 0 Å². The third-order valence-corrected chi connectivity index (χ3v) is 5.35. The molecule has 1 rings (SSSR count). The summed E-state index contributed by atoms with van der Waals surface area (Å²) in [6.45, 7) is 4.24. The van der Waals surface area contributed by atoms with E-state index in [1.165, 1.54) is 36.7 Å². The molecule has 2 N–H and O–H groups in total. The Hall–Kier alpha value is -1.09. The first kappa shape index (κ1) is 18.0. The van der Waals surface area contributed by atoms with Crippen molar-refractivity contribution in [3.63, 3.8) is 0 Å². The predicted octanol–water partition coefficient (Wildman–Crippen LogP) is 1.86. The Balaban J connectivity index is 3.32. The molecule has 0 amide bonds. The Morgan fingerprint density at radius 1 is 1.43 bits per heavy atom. The Morgan fingerprint density at radius 3 is 2.62 bits per heavy atom. The lowest BCUT2D eigenvalue weighted by Gasteiger charge is -2.22. The van der Waals surface area contributed by atoms with Gasteiger partial charge in [-0.2, -0.15) is 4.31 Å². The van der Waals surface area contributed by atoms with E-state index in [-0.39, 0.29) is 30.3 Å². The van der Waals surface area contributed by atoms with E-state index < -0.39 is 10.0 Å². The molecule has 0 radical (unpaired) electrons. The van der Waals surface area contributed by atoms with Crippen molar-refractivity contribution in [3.05, 3.63) is 29.3 Å². The number of nitrogens with two attached hydrogens (primary N) is 1. The van der Waals surface area contributed by atoms with Gasteiger partial charge in [-0.3, -0.25) is 0 Å². The van der Waals surface area contributed by atoms with Crippen molar-refractivity contribution in [2.45, 2.75) is 4.90 Å². The van der Waals surface area contributed by atoms with E-state index >= 15 is 0 Å². The average Bonchev–Trinajstić information content (AvgIpc) is 2.45. The molecule has 6 nitrogen and oxygen atoms in total. The summed E-state index contributed by atoms with van der Waals surface area (Å²) in [5.74, 6) is 0.225. The predicted molar refractivity (Wildman–Crippen MR) is 85.9 cm³/mol. The molecule has 0 saturated carbocycles. The monoisotopic (exact) mass is 378 g/mol. The quantitative estimate of drug-likeness (QED) is 0.551. The molecule has 0 unspecified atom stereocenters. The van der Waals surface area contributed by atoms with Gasteiger partial charge in [0, 0.05) is 30.4 Å². The molecular formula is C13H19BrN2O4S. The van der Waals surface area contributed by atoms with Gasteiger partial charge in [0.2, 0.25) is 10.0 Å². The van der Waals surface area contributed by atoms with Gasteiger partial charge in [-0.15, -0.1) is 6.58 Å². The number of anilines is 1. The fraction of sp³-hybridized carbons (Fsp3) is 0.385. The lowest BCUT2D eigenvalue weighted by molar-refractivity contribution is 0.182. The van der Waals surface area contributed by atoms with E-state index in [4.69, 9.17) is 15.2 Å². The fourth-order valence-corrected chi connectivity index (χ4v) is 3.59. The highest BCUT2D eigenvalue weighted by molar-refractivity contribution is 9.10. The molecule has 8 heteroatoms. The van der Waals surface area contributed by atoms with Crippen molar-refractivity contribution in [3.8, 4) is 5.75 Å². The van der Waals surface area contributed by atoms with Gasteiger partial charge in [0.05, 0.1) is 13.7 Å². The first-order valence-corrected chi connectivity index (χ1v) is 8.34. The molecule has 0 spiro atoms. The summed E-state index contributed by atoms with van der Waals surface area (Å²) >= 11 is 3.25. The third kappa shape index (κ3) is 4.19. The number of ether oxygens (including phenoxy) is 2. The molecule has 0 fully saturated rings. The highest BCUT2D eigenvalue weighted by Gasteiger charge is 2.27. The molecule has 1 aromatic rings. The second kappa shape index (κ2) is 7.79. The molecule has 0 aromatic heterocycles. The van der Waals surface area contributed by atoms with Crippen LogP contribution in [0.15, 0.2) is 34.2 Å². The van der Waals surface area contributed by atoms with E-state index in [0.29, 0.717) is 10.2 Å². The van der Waals surface area contributed by atoms with Crippen LogP contribution in [0.2, 0.25) is 0 Å². The molecule has 0 heterocycles. The van der Waals surface area contributed by atoms with Crippen LogP contribution in [0.4, 0.5) is 5.69 Å². The van der Waals surface area contributed by atoms with Gasteiger partial charge in [0.25, 0.3) is 0 Å². The zero-order chi connectivity index (χ0) is 16.0. The molecule has 0 aliphatic carbocycles. The highest BCUT2D eigenvalue weighted by atomic mass is 79.9. The van der Waals surface area contributed by atoms with Crippen molar-refractivity contribution in [2.75, 3.05) is 39.6 Å². The van der Waals surface area contributed by atoms with Gasteiger partial charge in [0.1, 0.15) is 10.6 Å². The first-order valence-electron chi connectivity index (χ1n) is 6.11. The SMILES string of the molecule is C=CCN(CCOC)S(=O)(=O)c1cc(N)c(Br)cc1OC. The van der Waals surface area contributed by atoms with Crippen molar-refractivity contribution in [1.29, 1.82) is 0 Å². The Morgan fingerprint density at radius 2 is 2.10 bits per heavy atom. The second-order valence-corrected chi connectivity index (χ2v) is 6.93. The molecule has 118 valence electrons. The van der Waals surface area contributed by atoms with Crippen LogP contribution in [0.25, 0.3) is 0 Å². The van der Waals surface area contributed by atoms with Crippen LogP contribution in [-0.2, 0) is 14.8 Å². The molecule has 0 aliphatic rings. The minimum atomic E-state index is -3.76. The molecule has 0 saturated heterocycles. The maximum absolute atomic E-state index is 12.7. The highest BCUT2D eigenvalue weighted by Crippen LogP contribution is 2.33. The molecule has 1 aromatic carbocycles. The number of nitrogens with zero attached hydrogens (tertiary/aromatic N) is 1. The largest absolute Gasteiger partial charge is 0.495 e. The Bertz CT molecular complexity index is 604. The average molecular weight is 379 g/mol. The van der Waals surface area contributed by atoms with Crippen molar-refractivity contribution < 1.29 is 17.9 Å². The lowest BCUT2D eigenvalue weighted by atomic mass is 10.3. The van der Waals surface area contributed by atoms with Crippen LogP contribution >= 0.6 is 15.9 Å². The van der Waals surface area contributed by atoms with Gasteiger partial charge < -0.3 is 15.2 Å². The molecule has 0 aliphatic heterocycles.